The third-order valence-electron chi connectivity index (χ3n) is 2.70. The SMILES string of the molecule is CCOOP(=O)(OOCC)c1cn(C[C@H](NC(=O)OC(C)(C)C)C(=O)O)nn1. The van der Waals surface area contributed by atoms with Crippen LogP contribution in [0.25, 0.3) is 0 Å². The van der Waals surface area contributed by atoms with Gasteiger partial charge in [0.2, 0.25) is 0 Å². The van der Waals surface area contributed by atoms with Crippen LogP contribution in [0, 0.1) is 0 Å². The molecule has 1 rings (SSSR count). The predicted octanol–water partition coefficient (Wildman–Crippen LogP) is 1.01. The number of nitrogens with one attached hydrogen (secondary N) is 1. The molecule has 1 atom stereocenters. The molecular weight excluding hydrogens is 399 g/mol. The van der Waals surface area contributed by atoms with Crippen LogP contribution >= 0.6 is 7.60 Å². The van der Waals surface area contributed by atoms with E-state index in [9.17, 15) is 19.3 Å². The van der Waals surface area contributed by atoms with Gasteiger partial charge in [-0.05, 0) is 34.6 Å². The molecule has 0 aliphatic heterocycles. The van der Waals surface area contributed by atoms with Crippen LogP contribution in [0.15, 0.2) is 6.20 Å². The zero-order valence-corrected chi connectivity index (χ0v) is 17.2. The van der Waals surface area contributed by atoms with Gasteiger partial charge in [0.05, 0.1) is 26.0 Å². The third-order valence-corrected chi connectivity index (χ3v) is 4.07. The number of alkyl carbamates (subject to hydrolysis) is 1. The summed E-state index contributed by atoms with van der Waals surface area (Å²) < 4.78 is 28.2. The van der Waals surface area contributed by atoms with Gasteiger partial charge < -0.3 is 15.2 Å². The van der Waals surface area contributed by atoms with E-state index < -0.39 is 31.3 Å². The van der Waals surface area contributed by atoms with Gasteiger partial charge in [-0.3, -0.25) is 0 Å². The van der Waals surface area contributed by atoms with Crippen LogP contribution in [0.5, 0.6) is 0 Å². The Balaban J connectivity index is 2.90. The summed E-state index contributed by atoms with van der Waals surface area (Å²) in [6.07, 6.45) is 0.219. The molecule has 1 heterocycles. The zero-order valence-electron chi connectivity index (χ0n) is 16.3. The van der Waals surface area contributed by atoms with Crippen molar-refractivity contribution in [1.29, 1.82) is 0 Å². The molecule has 0 unspecified atom stereocenters. The molecule has 14 heteroatoms. The van der Waals surface area contributed by atoms with Crippen LogP contribution in [0.2, 0.25) is 0 Å². The fourth-order valence-corrected chi connectivity index (χ4v) is 2.75. The number of carbonyl (C=O) groups excluding carboxylic acids is 1. The van der Waals surface area contributed by atoms with Crippen molar-refractivity contribution in [2.45, 2.75) is 52.8 Å². The number of ether oxygens (including phenoxy) is 1. The standard InChI is InChI=1S/C14H25N4O9P/c1-6-23-26-28(22,27-24-7-2)11-9-18(17-16-11)8-10(12(19)20)15-13(21)25-14(3,4)5/h9-10H,6-8H2,1-5H3,(H,15,21)(H,19,20)/t10-/m0/s1. The van der Waals surface area contributed by atoms with Gasteiger partial charge in [0.15, 0.2) is 5.44 Å². The third kappa shape index (κ3) is 7.90. The Kier molecular flexibility index (Phi) is 8.98. The fourth-order valence-electron chi connectivity index (χ4n) is 1.66. The van der Waals surface area contributed by atoms with Crippen LogP contribution in [-0.2, 0) is 39.8 Å². The van der Waals surface area contributed by atoms with Crippen molar-refractivity contribution < 1.29 is 43.1 Å². The van der Waals surface area contributed by atoms with Crippen molar-refractivity contribution in [3.05, 3.63) is 6.20 Å². The Bertz CT molecular complexity index is 691. The lowest BCUT2D eigenvalue weighted by Gasteiger charge is -2.21. The highest BCUT2D eigenvalue weighted by Gasteiger charge is 2.35. The number of aliphatic carboxylic acids is 1. The Labute approximate surface area is 161 Å². The van der Waals surface area contributed by atoms with Crippen LogP contribution in [0.4, 0.5) is 4.79 Å². The van der Waals surface area contributed by atoms with E-state index in [1.165, 1.54) is 0 Å². The summed E-state index contributed by atoms with van der Waals surface area (Å²) in [6, 6.07) is -1.38. The normalized spacial score (nSPS) is 13.2. The summed E-state index contributed by atoms with van der Waals surface area (Å²) in [5.41, 5.74) is -1.07. The minimum Gasteiger partial charge on any atom is -0.480 e. The number of carboxylic acids is 1. The first-order chi connectivity index (χ1) is 13.0. The van der Waals surface area contributed by atoms with Gasteiger partial charge in [0.25, 0.3) is 0 Å². The quantitative estimate of drug-likeness (QED) is 0.296. The average molecular weight is 424 g/mol. The second-order valence-corrected chi connectivity index (χ2v) is 8.05. The molecule has 1 aromatic heterocycles. The van der Waals surface area contributed by atoms with E-state index in [0.29, 0.717) is 0 Å². The molecule has 13 nitrogen and oxygen atoms in total. The summed E-state index contributed by atoms with van der Waals surface area (Å²) in [5, 5.41) is 18.8. The molecule has 160 valence electrons. The molecule has 2 N–H and O–H groups in total. The Hall–Kier alpha value is -2.05. The molecule has 28 heavy (non-hydrogen) atoms. The fraction of sp³-hybridized carbons (Fsp3) is 0.714. The van der Waals surface area contributed by atoms with Gasteiger partial charge in [-0.15, -0.1) is 14.4 Å². The van der Waals surface area contributed by atoms with Crippen molar-refractivity contribution >= 4 is 25.1 Å². The number of carbonyl (C=O) groups is 2. The summed E-state index contributed by atoms with van der Waals surface area (Å²) in [5.74, 6) is -1.33. The highest BCUT2D eigenvalue weighted by Crippen LogP contribution is 2.46. The minimum atomic E-state index is -4.10. The molecular formula is C14H25N4O9P. The number of carboxylic acid groups (broad SMARTS) is 1. The van der Waals surface area contributed by atoms with E-state index in [4.69, 9.17) is 14.1 Å². The molecule has 0 saturated heterocycles. The number of aromatic nitrogens is 3. The van der Waals surface area contributed by atoms with Gasteiger partial charge in [-0.1, -0.05) is 5.21 Å². The summed E-state index contributed by atoms with van der Waals surface area (Å²) in [7, 11) is -4.10. The van der Waals surface area contributed by atoms with E-state index in [1.54, 1.807) is 34.6 Å². The van der Waals surface area contributed by atoms with Gasteiger partial charge in [0, 0.05) is 0 Å². The first-order valence-corrected chi connectivity index (χ1v) is 9.90. The molecule has 0 bridgehead atoms. The summed E-state index contributed by atoms with van der Waals surface area (Å²) in [6.45, 7) is 7.94. The lowest BCUT2D eigenvalue weighted by molar-refractivity contribution is -0.260. The smallest absolute Gasteiger partial charge is 0.436 e. The van der Waals surface area contributed by atoms with Crippen molar-refractivity contribution in [3.63, 3.8) is 0 Å². The van der Waals surface area contributed by atoms with E-state index in [1.807, 2.05) is 0 Å². The van der Waals surface area contributed by atoms with Crippen LogP contribution in [-0.4, -0.2) is 57.0 Å². The van der Waals surface area contributed by atoms with E-state index in [-0.39, 0.29) is 25.2 Å². The van der Waals surface area contributed by atoms with Crippen molar-refractivity contribution in [3.8, 4) is 0 Å². The van der Waals surface area contributed by atoms with Gasteiger partial charge >= 0.3 is 19.7 Å². The lowest BCUT2D eigenvalue weighted by Crippen LogP contribution is -2.45. The van der Waals surface area contributed by atoms with Crippen molar-refractivity contribution in [2.75, 3.05) is 13.2 Å². The predicted molar refractivity (Wildman–Crippen MR) is 93.5 cm³/mol. The maximum Gasteiger partial charge on any atom is 0.436 e. The molecule has 1 aromatic rings. The lowest BCUT2D eigenvalue weighted by atomic mass is 10.2. The molecule has 0 aliphatic rings. The topological polar surface area (TPSA) is 160 Å². The first-order valence-electron chi connectivity index (χ1n) is 8.36. The molecule has 0 spiro atoms. The van der Waals surface area contributed by atoms with Crippen molar-refractivity contribution in [1.82, 2.24) is 20.3 Å². The molecule has 0 fully saturated rings. The van der Waals surface area contributed by atoms with Crippen molar-refractivity contribution in [2.24, 2.45) is 0 Å². The maximum atomic E-state index is 12.7. The molecule has 0 saturated carbocycles. The monoisotopic (exact) mass is 424 g/mol. The molecule has 0 aromatic carbocycles. The van der Waals surface area contributed by atoms with Crippen LogP contribution < -0.4 is 10.8 Å². The number of amides is 1. The maximum absolute atomic E-state index is 12.7. The average Bonchev–Trinajstić information content (AvgIpc) is 3.05. The number of nitrogens with zero attached hydrogens (tertiary/aromatic N) is 3. The highest BCUT2D eigenvalue weighted by atomic mass is 31.2. The van der Waals surface area contributed by atoms with Gasteiger partial charge in [-0.25, -0.2) is 28.6 Å². The number of hydrogen-bond donors (Lipinski definition) is 2. The van der Waals surface area contributed by atoms with Crippen LogP contribution in [0.1, 0.15) is 34.6 Å². The highest BCUT2D eigenvalue weighted by molar-refractivity contribution is 7.61. The molecule has 0 aliphatic carbocycles. The van der Waals surface area contributed by atoms with E-state index in [2.05, 4.69) is 25.4 Å². The molecule has 1 amide bonds. The minimum absolute atomic E-state index is 0.0779. The first kappa shape index (κ1) is 24.0. The zero-order chi connectivity index (χ0) is 21.4. The second kappa shape index (κ2) is 10.5. The Morgan fingerprint density at radius 2 is 1.82 bits per heavy atom. The Morgan fingerprint density at radius 1 is 1.25 bits per heavy atom. The molecule has 0 radical (unpaired) electrons. The summed E-state index contributed by atoms with van der Waals surface area (Å²) >= 11 is 0. The number of rotatable bonds is 11. The Morgan fingerprint density at radius 3 is 2.29 bits per heavy atom. The van der Waals surface area contributed by atoms with Gasteiger partial charge in [-0.2, -0.15) is 0 Å². The van der Waals surface area contributed by atoms with Gasteiger partial charge in [0.1, 0.15) is 11.6 Å². The largest absolute Gasteiger partial charge is 0.480 e. The van der Waals surface area contributed by atoms with E-state index >= 15 is 0 Å². The second-order valence-electron chi connectivity index (χ2n) is 6.30. The number of hydrogen-bond acceptors (Lipinski definition) is 10. The van der Waals surface area contributed by atoms with Crippen LogP contribution in [0.3, 0.4) is 0 Å². The summed E-state index contributed by atoms with van der Waals surface area (Å²) in [4.78, 5) is 32.6. The van der Waals surface area contributed by atoms with E-state index in [0.717, 1.165) is 10.9 Å².